The maximum absolute atomic E-state index is 12.8. The number of rotatable bonds is 2. The van der Waals surface area contributed by atoms with Gasteiger partial charge in [-0.05, 0) is 87.4 Å². The number of ketones is 1. The van der Waals surface area contributed by atoms with Crippen molar-refractivity contribution in [1.29, 1.82) is 0 Å². The molecule has 0 amide bonds. The summed E-state index contributed by atoms with van der Waals surface area (Å²) in [5.74, 6) is 1.42. The smallest absolute Gasteiger partial charge is 0.303 e. The van der Waals surface area contributed by atoms with Crippen LogP contribution in [-0.2, 0) is 14.3 Å². The molecule has 4 aliphatic rings. The van der Waals surface area contributed by atoms with Gasteiger partial charge >= 0.3 is 5.97 Å². The van der Waals surface area contributed by atoms with Gasteiger partial charge in [-0.2, -0.15) is 0 Å². The fourth-order valence-electron chi connectivity index (χ4n) is 8.29. The number of hydrogen-bond donors (Lipinski definition) is 1. The van der Waals surface area contributed by atoms with Crippen LogP contribution in [0.5, 0.6) is 0 Å². The summed E-state index contributed by atoms with van der Waals surface area (Å²) in [7, 11) is 0. The van der Waals surface area contributed by atoms with Gasteiger partial charge in [0.1, 0.15) is 0 Å². The number of halogens is 1. The van der Waals surface area contributed by atoms with Crippen molar-refractivity contribution in [2.75, 3.05) is 0 Å². The lowest BCUT2D eigenvalue weighted by molar-refractivity contribution is -0.192. The second-order valence-electron chi connectivity index (χ2n) is 10.6. The molecule has 4 rings (SSSR count). The highest BCUT2D eigenvalue weighted by Gasteiger charge is 2.68. The molecule has 0 aliphatic heterocycles. The van der Waals surface area contributed by atoms with Gasteiger partial charge in [-0.25, -0.2) is 0 Å². The number of esters is 1. The number of ether oxygens (including phenoxy) is 1. The molecule has 0 spiro atoms. The van der Waals surface area contributed by atoms with Crippen molar-refractivity contribution in [2.24, 2.45) is 34.5 Å². The van der Waals surface area contributed by atoms with E-state index in [4.69, 9.17) is 16.3 Å². The van der Waals surface area contributed by atoms with E-state index in [1.54, 1.807) is 6.92 Å². The Kier molecular flexibility index (Phi) is 4.94. The van der Waals surface area contributed by atoms with E-state index in [9.17, 15) is 14.7 Å². The van der Waals surface area contributed by atoms with Gasteiger partial charge in [0.25, 0.3) is 0 Å². The molecule has 0 radical (unpaired) electrons. The van der Waals surface area contributed by atoms with Gasteiger partial charge in [0.15, 0.2) is 11.4 Å². The molecule has 5 heteroatoms. The summed E-state index contributed by atoms with van der Waals surface area (Å²) < 4.78 is 5.83. The molecule has 0 bridgehead atoms. The molecule has 0 heterocycles. The van der Waals surface area contributed by atoms with Crippen molar-refractivity contribution in [3.05, 3.63) is 0 Å². The number of hydrogen-bond acceptors (Lipinski definition) is 4. The molecule has 4 aliphatic carbocycles. The largest absolute Gasteiger partial charge is 0.451 e. The van der Waals surface area contributed by atoms with Crippen LogP contribution in [0.15, 0.2) is 0 Å². The van der Waals surface area contributed by atoms with Crippen LogP contribution < -0.4 is 0 Å². The molecule has 1 N–H and O–H groups in total. The van der Waals surface area contributed by atoms with E-state index < -0.39 is 5.60 Å². The summed E-state index contributed by atoms with van der Waals surface area (Å²) in [4.78, 5) is 24.7. The van der Waals surface area contributed by atoms with Gasteiger partial charge in [0.2, 0.25) is 0 Å². The Hall–Kier alpha value is -0.610. The van der Waals surface area contributed by atoms with E-state index in [1.807, 2.05) is 0 Å². The summed E-state index contributed by atoms with van der Waals surface area (Å²) in [5, 5.41) is 10.3. The van der Waals surface area contributed by atoms with Gasteiger partial charge in [0.05, 0.1) is 6.10 Å². The zero-order valence-corrected chi connectivity index (χ0v) is 18.4. The molecule has 4 saturated carbocycles. The third-order valence-corrected chi connectivity index (χ3v) is 10.1. The highest BCUT2D eigenvalue weighted by molar-refractivity contribution is 6.20. The fourth-order valence-corrected chi connectivity index (χ4v) is 8.88. The lowest BCUT2D eigenvalue weighted by Gasteiger charge is -2.62. The van der Waals surface area contributed by atoms with Gasteiger partial charge in [-0.3, -0.25) is 9.59 Å². The average Bonchev–Trinajstić information content (AvgIpc) is 2.90. The minimum Gasteiger partial charge on any atom is -0.451 e. The molecule has 4 fully saturated rings. The zero-order valence-electron chi connectivity index (χ0n) is 17.7. The molecular weight excluding hydrogens is 376 g/mol. The lowest BCUT2D eigenvalue weighted by Crippen LogP contribution is -2.61. The van der Waals surface area contributed by atoms with E-state index in [0.717, 1.165) is 44.9 Å². The highest BCUT2D eigenvalue weighted by atomic mass is 35.5. The standard InChI is InChI=1S/C23H35ClO4/c1-13(25)23(28-14(2)26)10-7-18-16-12-20(24)19-11-15(27)5-8-21(19,3)17(16)6-9-22(18,23)4/h15-20,27H,5-12H2,1-4H3/t15-,16-,17+,18+,19+,20?,21-,22+,23+/m1/s1. The highest BCUT2D eigenvalue weighted by Crippen LogP contribution is 2.69. The van der Waals surface area contributed by atoms with Crippen LogP contribution in [0, 0.1) is 34.5 Å². The third kappa shape index (κ3) is 2.66. The number of Topliss-reactive ketones (excluding diaryl/α,β-unsaturated/α-hetero) is 1. The fraction of sp³-hybridized carbons (Fsp3) is 0.913. The predicted molar refractivity (Wildman–Crippen MR) is 108 cm³/mol. The van der Waals surface area contributed by atoms with Crippen molar-refractivity contribution in [3.8, 4) is 0 Å². The van der Waals surface area contributed by atoms with E-state index in [-0.39, 0.29) is 34.1 Å². The quantitative estimate of drug-likeness (QED) is 0.537. The molecule has 0 aromatic carbocycles. The Morgan fingerprint density at radius 3 is 2.29 bits per heavy atom. The number of fused-ring (bicyclic) bond motifs is 5. The third-order valence-electron chi connectivity index (χ3n) is 9.61. The summed E-state index contributed by atoms with van der Waals surface area (Å²) in [6.45, 7) is 7.60. The Morgan fingerprint density at radius 1 is 0.964 bits per heavy atom. The molecule has 0 aromatic rings. The molecule has 0 aromatic heterocycles. The summed E-state index contributed by atoms with van der Waals surface area (Å²) >= 11 is 6.96. The first-order valence-electron chi connectivity index (χ1n) is 11.1. The SMILES string of the molecule is CC(=O)O[C@]1(C(C)=O)CC[C@H]2[C@@H]3CC(Cl)[C@@H]4C[C@H](O)CC[C@]4(C)[C@H]3CC[C@@]21C. The van der Waals surface area contributed by atoms with Crippen molar-refractivity contribution in [2.45, 2.75) is 96.1 Å². The van der Waals surface area contributed by atoms with E-state index in [2.05, 4.69) is 13.8 Å². The Bertz CT molecular complexity index is 680. The predicted octanol–water partition coefficient (Wildman–Crippen LogP) is 4.50. The van der Waals surface area contributed by atoms with E-state index in [1.165, 1.54) is 6.92 Å². The maximum atomic E-state index is 12.8. The van der Waals surface area contributed by atoms with Gasteiger partial charge in [-0.1, -0.05) is 13.8 Å². The van der Waals surface area contributed by atoms with Crippen molar-refractivity contribution in [1.82, 2.24) is 0 Å². The molecule has 9 atom stereocenters. The minimum atomic E-state index is -0.975. The second-order valence-corrected chi connectivity index (χ2v) is 11.2. The van der Waals surface area contributed by atoms with Crippen molar-refractivity contribution < 1.29 is 19.4 Å². The summed E-state index contributed by atoms with van der Waals surface area (Å²) in [5.41, 5.74) is -1.12. The average molecular weight is 411 g/mol. The van der Waals surface area contributed by atoms with Crippen molar-refractivity contribution >= 4 is 23.4 Å². The monoisotopic (exact) mass is 410 g/mol. The molecule has 158 valence electrons. The lowest BCUT2D eigenvalue weighted by atomic mass is 9.44. The second kappa shape index (κ2) is 6.70. The topological polar surface area (TPSA) is 63.6 Å². The van der Waals surface area contributed by atoms with Gasteiger partial charge < -0.3 is 9.84 Å². The first-order chi connectivity index (χ1) is 13.0. The van der Waals surface area contributed by atoms with Crippen LogP contribution in [0.1, 0.15) is 79.1 Å². The Morgan fingerprint density at radius 2 is 1.64 bits per heavy atom. The summed E-state index contributed by atoms with van der Waals surface area (Å²) in [6, 6.07) is 0. The van der Waals surface area contributed by atoms with E-state index >= 15 is 0 Å². The molecule has 28 heavy (non-hydrogen) atoms. The Labute approximate surface area is 173 Å². The first-order valence-corrected chi connectivity index (χ1v) is 11.5. The number of carbonyl (C=O) groups is 2. The molecule has 0 saturated heterocycles. The van der Waals surface area contributed by atoms with Crippen LogP contribution in [0.25, 0.3) is 0 Å². The van der Waals surface area contributed by atoms with Crippen LogP contribution in [0.4, 0.5) is 0 Å². The molecule has 4 nitrogen and oxygen atoms in total. The zero-order chi connectivity index (χ0) is 20.5. The number of aliphatic hydroxyl groups excluding tert-OH is 1. The summed E-state index contributed by atoms with van der Waals surface area (Å²) in [6.07, 6.45) is 7.00. The number of alkyl halides is 1. The van der Waals surface area contributed by atoms with Crippen molar-refractivity contribution in [3.63, 3.8) is 0 Å². The van der Waals surface area contributed by atoms with E-state index in [0.29, 0.717) is 30.1 Å². The normalized spacial score (nSPS) is 52.9. The van der Waals surface area contributed by atoms with Crippen LogP contribution in [0.3, 0.4) is 0 Å². The van der Waals surface area contributed by atoms with Gasteiger partial charge in [-0.15, -0.1) is 11.6 Å². The minimum absolute atomic E-state index is 0.00531. The van der Waals surface area contributed by atoms with Gasteiger partial charge in [0, 0.05) is 17.7 Å². The molecular formula is C23H35ClO4. The van der Waals surface area contributed by atoms with Crippen LogP contribution in [0.2, 0.25) is 0 Å². The molecule has 1 unspecified atom stereocenters. The number of carbonyl (C=O) groups excluding carboxylic acids is 2. The Balaban J connectivity index is 1.69. The van der Waals surface area contributed by atoms with Crippen LogP contribution >= 0.6 is 11.6 Å². The number of aliphatic hydroxyl groups is 1. The van der Waals surface area contributed by atoms with Crippen LogP contribution in [-0.4, -0.2) is 33.9 Å². The maximum Gasteiger partial charge on any atom is 0.303 e. The first kappa shape index (κ1) is 20.7.